The zero-order valence-corrected chi connectivity index (χ0v) is 14.7. The lowest BCUT2D eigenvalue weighted by Gasteiger charge is -2.16. The fourth-order valence-electron chi connectivity index (χ4n) is 3.42. The molecule has 130 valence electrons. The highest BCUT2D eigenvalue weighted by Crippen LogP contribution is 2.22. The standard InChI is InChI=1S/C19H27N3O2/c1-13-4-5-19(14(2)8-13)24-7-6-22-11-16(18(23)12-22)10-17-9-15(3)20-21-17/h4-5,8-9,16,18,23H,6-7,10-12H2,1-3H3,(H,20,21)/t16-,18-/m1/s1. The lowest BCUT2D eigenvalue weighted by molar-refractivity contribution is 0.139. The van der Waals surface area contributed by atoms with Crippen LogP contribution in [0.25, 0.3) is 0 Å². The second-order valence-corrected chi connectivity index (χ2v) is 6.95. The van der Waals surface area contributed by atoms with Crippen LogP contribution in [0.5, 0.6) is 5.75 Å². The number of likely N-dealkylation sites (tertiary alicyclic amines) is 1. The second kappa shape index (κ2) is 7.36. The highest BCUT2D eigenvalue weighted by Gasteiger charge is 2.31. The normalized spacial score (nSPS) is 21.3. The molecule has 24 heavy (non-hydrogen) atoms. The van der Waals surface area contributed by atoms with Crippen LogP contribution in [-0.2, 0) is 6.42 Å². The molecule has 3 rings (SSSR count). The van der Waals surface area contributed by atoms with E-state index in [1.807, 2.05) is 13.0 Å². The van der Waals surface area contributed by atoms with Crippen LogP contribution < -0.4 is 4.74 Å². The van der Waals surface area contributed by atoms with Crippen molar-refractivity contribution in [1.82, 2.24) is 15.1 Å². The van der Waals surface area contributed by atoms with E-state index in [0.29, 0.717) is 13.2 Å². The first-order chi connectivity index (χ1) is 11.5. The fourth-order valence-corrected chi connectivity index (χ4v) is 3.42. The molecule has 2 aromatic rings. The smallest absolute Gasteiger partial charge is 0.122 e. The zero-order valence-electron chi connectivity index (χ0n) is 14.7. The van der Waals surface area contributed by atoms with E-state index in [1.54, 1.807) is 0 Å². The highest BCUT2D eigenvalue weighted by atomic mass is 16.5. The molecule has 2 atom stereocenters. The summed E-state index contributed by atoms with van der Waals surface area (Å²) in [5.74, 6) is 1.19. The molecular weight excluding hydrogens is 302 g/mol. The van der Waals surface area contributed by atoms with Gasteiger partial charge in [-0.3, -0.25) is 10.00 Å². The summed E-state index contributed by atoms with van der Waals surface area (Å²) in [6.07, 6.45) is 0.531. The molecule has 0 spiro atoms. The quantitative estimate of drug-likeness (QED) is 0.853. The van der Waals surface area contributed by atoms with E-state index in [0.717, 1.165) is 36.6 Å². The molecule has 1 aromatic carbocycles. The maximum Gasteiger partial charge on any atom is 0.122 e. The first-order valence-electron chi connectivity index (χ1n) is 8.62. The van der Waals surface area contributed by atoms with Gasteiger partial charge in [0.2, 0.25) is 0 Å². The molecule has 1 fully saturated rings. The third-order valence-electron chi connectivity index (χ3n) is 4.71. The number of rotatable bonds is 6. The second-order valence-electron chi connectivity index (χ2n) is 6.95. The van der Waals surface area contributed by atoms with Crippen molar-refractivity contribution in [3.05, 3.63) is 46.8 Å². The van der Waals surface area contributed by atoms with Crippen molar-refractivity contribution in [2.45, 2.75) is 33.3 Å². The van der Waals surface area contributed by atoms with Crippen LogP contribution in [0, 0.1) is 26.7 Å². The molecule has 2 heterocycles. The minimum absolute atomic E-state index is 0.244. The van der Waals surface area contributed by atoms with Gasteiger partial charge in [-0.15, -0.1) is 0 Å². The maximum absolute atomic E-state index is 10.3. The topological polar surface area (TPSA) is 61.4 Å². The molecule has 0 radical (unpaired) electrons. The van der Waals surface area contributed by atoms with Gasteiger partial charge >= 0.3 is 0 Å². The summed E-state index contributed by atoms with van der Waals surface area (Å²) in [7, 11) is 0. The van der Waals surface area contributed by atoms with E-state index < -0.39 is 0 Å². The van der Waals surface area contributed by atoms with Crippen LogP contribution in [0.3, 0.4) is 0 Å². The van der Waals surface area contributed by atoms with Crippen LogP contribution in [0.15, 0.2) is 24.3 Å². The molecule has 0 amide bonds. The van der Waals surface area contributed by atoms with Gasteiger partial charge in [0.1, 0.15) is 12.4 Å². The van der Waals surface area contributed by atoms with Crippen molar-refractivity contribution in [3.63, 3.8) is 0 Å². The van der Waals surface area contributed by atoms with E-state index in [1.165, 1.54) is 11.1 Å². The molecule has 5 heteroatoms. The summed E-state index contributed by atoms with van der Waals surface area (Å²) in [5, 5.41) is 17.5. The number of H-pyrrole nitrogens is 1. The largest absolute Gasteiger partial charge is 0.492 e. The van der Waals surface area contributed by atoms with Crippen molar-refractivity contribution in [2.24, 2.45) is 5.92 Å². The van der Waals surface area contributed by atoms with Gasteiger partial charge in [0.15, 0.2) is 0 Å². The van der Waals surface area contributed by atoms with Gasteiger partial charge in [-0.25, -0.2) is 0 Å². The zero-order chi connectivity index (χ0) is 17.1. The predicted octanol–water partition coefficient (Wildman–Crippen LogP) is 2.25. The van der Waals surface area contributed by atoms with Gasteiger partial charge < -0.3 is 9.84 Å². The lowest BCUT2D eigenvalue weighted by atomic mass is 10.0. The summed E-state index contributed by atoms with van der Waals surface area (Å²) in [6.45, 7) is 9.24. The Labute approximate surface area is 143 Å². The molecule has 1 aromatic heterocycles. The molecule has 0 unspecified atom stereocenters. The van der Waals surface area contributed by atoms with Gasteiger partial charge in [0.25, 0.3) is 0 Å². The summed E-state index contributed by atoms with van der Waals surface area (Å²) >= 11 is 0. The van der Waals surface area contributed by atoms with Crippen LogP contribution in [-0.4, -0.2) is 52.5 Å². The molecule has 0 aliphatic carbocycles. The number of β-amino-alcohol motifs (C(OH)–C–C–N with tert-alkyl or cyclic N) is 1. The summed E-state index contributed by atoms with van der Waals surface area (Å²) in [6, 6.07) is 8.30. The minimum atomic E-state index is -0.289. The average Bonchev–Trinajstić information content (AvgIpc) is 3.08. The van der Waals surface area contributed by atoms with Crippen molar-refractivity contribution in [1.29, 1.82) is 0 Å². The van der Waals surface area contributed by atoms with Gasteiger partial charge in [-0.2, -0.15) is 5.10 Å². The number of hydrogen-bond acceptors (Lipinski definition) is 4. The summed E-state index contributed by atoms with van der Waals surface area (Å²) < 4.78 is 5.91. The van der Waals surface area contributed by atoms with Crippen molar-refractivity contribution < 1.29 is 9.84 Å². The highest BCUT2D eigenvalue weighted by molar-refractivity contribution is 5.35. The Kier molecular flexibility index (Phi) is 5.21. The number of aryl methyl sites for hydroxylation is 3. The monoisotopic (exact) mass is 329 g/mol. The van der Waals surface area contributed by atoms with Crippen molar-refractivity contribution >= 4 is 0 Å². The number of aliphatic hydroxyl groups excluding tert-OH is 1. The number of aliphatic hydroxyl groups is 1. The molecule has 0 saturated carbocycles. The Morgan fingerprint density at radius 3 is 2.79 bits per heavy atom. The van der Waals surface area contributed by atoms with Crippen LogP contribution in [0.4, 0.5) is 0 Å². The van der Waals surface area contributed by atoms with E-state index in [4.69, 9.17) is 4.74 Å². The number of nitrogens with zero attached hydrogens (tertiary/aromatic N) is 2. The van der Waals surface area contributed by atoms with Gasteiger partial charge in [-0.05, 0) is 44.9 Å². The van der Waals surface area contributed by atoms with E-state index >= 15 is 0 Å². The lowest BCUT2D eigenvalue weighted by Crippen LogP contribution is -2.27. The molecular formula is C19H27N3O2. The first kappa shape index (κ1) is 17.0. The Balaban J connectivity index is 1.46. The third-order valence-corrected chi connectivity index (χ3v) is 4.71. The molecule has 1 aliphatic heterocycles. The predicted molar refractivity (Wildman–Crippen MR) is 94.4 cm³/mol. The molecule has 1 saturated heterocycles. The van der Waals surface area contributed by atoms with E-state index in [2.05, 4.69) is 47.1 Å². The van der Waals surface area contributed by atoms with E-state index in [9.17, 15) is 5.11 Å². The summed E-state index contributed by atoms with van der Waals surface area (Å²) in [5.41, 5.74) is 4.52. The van der Waals surface area contributed by atoms with Crippen molar-refractivity contribution in [3.8, 4) is 5.75 Å². The third kappa shape index (κ3) is 4.16. The number of ether oxygens (including phenoxy) is 1. The fraction of sp³-hybridized carbons (Fsp3) is 0.526. The molecule has 1 aliphatic rings. The Morgan fingerprint density at radius 2 is 2.08 bits per heavy atom. The Bertz CT molecular complexity index is 683. The number of hydrogen-bond donors (Lipinski definition) is 2. The molecule has 5 nitrogen and oxygen atoms in total. The molecule has 0 bridgehead atoms. The van der Waals surface area contributed by atoms with Gasteiger partial charge in [0, 0.05) is 31.2 Å². The van der Waals surface area contributed by atoms with Crippen LogP contribution in [0.2, 0.25) is 0 Å². The average molecular weight is 329 g/mol. The van der Waals surface area contributed by atoms with Gasteiger partial charge in [-0.1, -0.05) is 17.7 Å². The number of benzene rings is 1. The van der Waals surface area contributed by atoms with Crippen molar-refractivity contribution in [2.75, 3.05) is 26.2 Å². The van der Waals surface area contributed by atoms with Crippen LogP contribution in [0.1, 0.15) is 22.5 Å². The minimum Gasteiger partial charge on any atom is -0.492 e. The Morgan fingerprint density at radius 1 is 1.25 bits per heavy atom. The Hall–Kier alpha value is -1.85. The van der Waals surface area contributed by atoms with Gasteiger partial charge in [0.05, 0.1) is 11.8 Å². The maximum atomic E-state index is 10.3. The number of aromatic nitrogens is 2. The number of aromatic amines is 1. The van der Waals surface area contributed by atoms with E-state index in [-0.39, 0.29) is 12.0 Å². The van der Waals surface area contributed by atoms with Crippen LogP contribution >= 0.6 is 0 Å². The SMILES string of the molecule is Cc1ccc(OCCN2C[C@@H](Cc3cc(C)[nH]n3)[C@H](O)C2)c(C)c1. The molecule has 2 N–H and O–H groups in total. The first-order valence-corrected chi connectivity index (χ1v) is 8.62. The number of nitrogens with one attached hydrogen (secondary N) is 1. The summed E-state index contributed by atoms with van der Waals surface area (Å²) in [4.78, 5) is 2.28.